The van der Waals surface area contributed by atoms with Gasteiger partial charge in [0.1, 0.15) is 15.5 Å². The zero-order chi connectivity index (χ0) is 21.6. The maximum atomic E-state index is 12.6. The summed E-state index contributed by atoms with van der Waals surface area (Å²) in [5.74, 6) is 0.0351. The molecule has 2 heterocycles. The Labute approximate surface area is 174 Å². The highest BCUT2D eigenvalue weighted by molar-refractivity contribution is 7.20. The molecular formula is C20H29N3O5S. The zero-order valence-electron chi connectivity index (χ0n) is 17.4. The fourth-order valence-electron chi connectivity index (χ4n) is 2.88. The number of nitrogens with one attached hydrogen (secondary N) is 1. The average molecular weight is 424 g/mol. The molecule has 9 heteroatoms. The van der Waals surface area contributed by atoms with Crippen LogP contribution in [0.4, 0.5) is 0 Å². The Balaban J connectivity index is 2.20. The van der Waals surface area contributed by atoms with E-state index in [0.29, 0.717) is 52.7 Å². The van der Waals surface area contributed by atoms with Crippen LogP contribution in [0.3, 0.4) is 0 Å². The van der Waals surface area contributed by atoms with Gasteiger partial charge in [0.2, 0.25) is 0 Å². The lowest BCUT2D eigenvalue weighted by Gasteiger charge is -2.22. The number of hydrogen-bond donors (Lipinski definition) is 2. The van der Waals surface area contributed by atoms with Crippen molar-refractivity contribution in [3.05, 3.63) is 39.3 Å². The van der Waals surface area contributed by atoms with Gasteiger partial charge in [-0.1, -0.05) is 13.0 Å². The third-order valence-corrected chi connectivity index (χ3v) is 5.38. The number of aryl methyl sites for hydroxylation is 1. The minimum absolute atomic E-state index is 0.205. The second kappa shape index (κ2) is 10.6. The molecule has 29 heavy (non-hydrogen) atoms. The number of aliphatic hydroxyl groups is 1. The van der Waals surface area contributed by atoms with Gasteiger partial charge in [0.15, 0.2) is 0 Å². The summed E-state index contributed by atoms with van der Waals surface area (Å²) in [6.45, 7) is 12.8. The molecule has 0 fully saturated rings. The molecule has 0 aliphatic heterocycles. The van der Waals surface area contributed by atoms with Crippen molar-refractivity contribution in [3.63, 3.8) is 0 Å². The first kappa shape index (κ1) is 23.2. The third kappa shape index (κ3) is 6.20. The Morgan fingerprint density at radius 3 is 2.79 bits per heavy atom. The van der Waals surface area contributed by atoms with Crippen LogP contribution in [0.25, 0.3) is 10.2 Å². The number of thiophene rings is 1. The summed E-state index contributed by atoms with van der Waals surface area (Å²) in [5, 5.41) is 10.5. The van der Waals surface area contributed by atoms with Crippen LogP contribution in [-0.2, 0) is 16.0 Å². The first-order valence-corrected chi connectivity index (χ1v) is 10.4. The summed E-state index contributed by atoms with van der Waals surface area (Å²) >= 11 is 1.16. The van der Waals surface area contributed by atoms with Crippen molar-refractivity contribution >= 4 is 27.5 Å². The van der Waals surface area contributed by atoms with Gasteiger partial charge in [-0.2, -0.15) is 0 Å². The Morgan fingerprint density at radius 1 is 1.45 bits per heavy atom. The van der Waals surface area contributed by atoms with E-state index in [1.807, 2.05) is 11.8 Å². The molecule has 8 nitrogen and oxygen atoms in total. The molecule has 0 amide bonds. The predicted octanol–water partition coefficient (Wildman–Crippen LogP) is 2.24. The van der Waals surface area contributed by atoms with Crippen molar-refractivity contribution in [3.8, 4) is 0 Å². The normalized spacial score (nSPS) is 12.7. The van der Waals surface area contributed by atoms with Gasteiger partial charge in [0.05, 0.1) is 37.4 Å². The van der Waals surface area contributed by atoms with Crippen LogP contribution in [0, 0.1) is 6.92 Å². The van der Waals surface area contributed by atoms with Gasteiger partial charge in [-0.3, -0.25) is 9.69 Å². The maximum absolute atomic E-state index is 12.6. The number of hydrogen-bond acceptors (Lipinski definition) is 8. The molecule has 0 saturated heterocycles. The minimum Gasteiger partial charge on any atom is -0.459 e. The molecule has 2 N–H and O–H groups in total. The second-order valence-corrected chi connectivity index (χ2v) is 8.01. The lowest BCUT2D eigenvalue weighted by molar-refractivity contribution is 0.0252. The minimum atomic E-state index is -0.660. The first-order valence-electron chi connectivity index (χ1n) is 9.59. The quantitative estimate of drug-likeness (QED) is 0.324. The topological polar surface area (TPSA) is 105 Å². The van der Waals surface area contributed by atoms with Crippen LogP contribution in [-0.4, -0.2) is 64.5 Å². The van der Waals surface area contributed by atoms with E-state index in [0.717, 1.165) is 11.3 Å². The van der Waals surface area contributed by atoms with E-state index in [1.165, 1.54) is 0 Å². The van der Waals surface area contributed by atoms with E-state index < -0.39 is 12.1 Å². The summed E-state index contributed by atoms with van der Waals surface area (Å²) in [7, 11) is 0. The summed E-state index contributed by atoms with van der Waals surface area (Å²) in [4.78, 5) is 35.1. The Bertz CT molecular complexity index is 905. The summed E-state index contributed by atoms with van der Waals surface area (Å²) < 4.78 is 10.5. The number of aromatic amines is 1. The number of aliphatic hydroxyl groups excluding tert-OH is 1. The average Bonchev–Trinajstić information content (AvgIpc) is 2.98. The van der Waals surface area contributed by atoms with Crippen molar-refractivity contribution in [2.24, 2.45) is 0 Å². The highest BCUT2D eigenvalue weighted by atomic mass is 32.1. The maximum Gasteiger partial charge on any atom is 0.348 e. The number of H-pyrrole nitrogens is 1. The van der Waals surface area contributed by atoms with Crippen LogP contribution >= 0.6 is 11.3 Å². The van der Waals surface area contributed by atoms with Crippen LogP contribution in [0.2, 0.25) is 0 Å². The Kier molecular flexibility index (Phi) is 8.51. The number of nitrogens with zero attached hydrogens (tertiary/aromatic N) is 2. The molecule has 0 aliphatic rings. The number of esters is 1. The fraction of sp³-hybridized carbons (Fsp3) is 0.550. The van der Waals surface area contributed by atoms with Crippen molar-refractivity contribution < 1.29 is 19.4 Å². The largest absolute Gasteiger partial charge is 0.459 e. The highest BCUT2D eigenvalue weighted by Gasteiger charge is 2.21. The van der Waals surface area contributed by atoms with Gasteiger partial charge in [0, 0.05) is 6.54 Å². The van der Waals surface area contributed by atoms with E-state index in [-0.39, 0.29) is 18.3 Å². The van der Waals surface area contributed by atoms with E-state index in [1.54, 1.807) is 26.8 Å². The molecule has 2 aromatic rings. The third-order valence-electron chi connectivity index (χ3n) is 4.21. The molecule has 2 rings (SSSR count). The molecule has 0 saturated carbocycles. The monoisotopic (exact) mass is 423 g/mol. The number of ether oxygens (including phenoxy) is 2. The molecule has 0 spiro atoms. The number of rotatable bonds is 11. The Hall–Kier alpha value is -2.07. The summed E-state index contributed by atoms with van der Waals surface area (Å²) in [6, 6.07) is 0. The molecule has 160 valence electrons. The van der Waals surface area contributed by atoms with Gasteiger partial charge >= 0.3 is 5.97 Å². The first-order chi connectivity index (χ1) is 13.8. The standard InChI is InChI=1S/C20H29N3O5S/c1-6-8-27-11-14(24)9-23(7-2)10-15-21-18(25)16-13(5)17(29-19(16)22-15)20(26)28-12(3)4/h6,12,14,24H,1,7-11H2,2-5H3,(H,21,22,25). The molecular weight excluding hydrogens is 394 g/mol. The zero-order valence-corrected chi connectivity index (χ0v) is 18.2. The van der Waals surface area contributed by atoms with Crippen LogP contribution in [0.15, 0.2) is 17.4 Å². The van der Waals surface area contributed by atoms with Crippen LogP contribution in [0.1, 0.15) is 41.8 Å². The van der Waals surface area contributed by atoms with E-state index in [4.69, 9.17) is 9.47 Å². The molecule has 0 radical (unpaired) electrons. The molecule has 0 aromatic carbocycles. The Morgan fingerprint density at radius 2 is 2.17 bits per heavy atom. The van der Waals surface area contributed by atoms with Gasteiger partial charge in [0.25, 0.3) is 5.56 Å². The van der Waals surface area contributed by atoms with Gasteiger partial charge in [-0.25, -0.2) is 9.78 Å². The molecule has 0 bridgehead atoms. The number of aromatic nitrogens is 2. The van der Waals surface area contributed by atoms with Crippen molar-refractivity contribution in [2.75, 3.05) is 26.3 Å². The fourth-order valence-corrected chi connectivity index (χ4v) is 3.96. The summed E-state index contributed by atoms with van der Waals surface area (Å²) in [6.07, 6.45) is 0.725. The van der Waals surface area contributed by atoms with Crippen molar-refractivity contribution in [1.29, 1.82) is 0 Å². The van der Waals surface area contributed by atoms with Crippen LogP contribution < -0.4 is 5.56 Å². The number of carbonyl (C=O) groups is 1. The van der Waals surface area contributed by atoms with Crippen molar-refractivity contribution in [2.45, 2.75) is 46.4 Å². The van der Waals surface area contributed by atoms with E-state index >= 15 is 0 Å². The molecule has 2 aromatic heterocycles. The van der Waals surface area contributed by atoms with Gasteiger partial charge in [-0.05, 0) is 32.9 Å². The SMILES string of the molecule is C=CCOCC(O)CN(CC)Cc1nc2sc(C(=O)OC(C)C)c(C)c2c(=O)[nH]1. The molecule has 1 unspecified atom stereocenters. The van der Waals surface area contributed by atoms with Crippen LogP contribution in [0.5, 0.6) is 0 Å². The number of carbonyl (C=O) groups excluding carboxylic acids is 1. The number of likely N-dealkylation sites (N-methyl/N-ethyl adjacent to an activating group) is 1. The van der Waals surface area contributed by atoms with Gasteiger partial charge in [-0.15, -0.1) is 17.9 Å². The molecule has 0 aliphatic carbocycles. The van der Waals surface area contributed by atoms with E-state index in [9.17, 15) is 14.7 Å². The lowest BCUT2D eigenvalue weighted by Crippen LogP contribution is -2.35. The highest BCUT2D eigenvalue weighted by Crippen LogP contribution is 2.28. The predicted molar refractivity (Wildman–Crippen MR) is 114 cm³/mol. The molecule has 1 atom stereocenters. The smallest absolute Gasteiger partial charge is 0.348 e. The van der Waals surface area contributed by atoms with E-state index in [2.05, 4.69) is 16.5 Å². The summed E-state index contributed by atoms with van der Waals surface area (Å²) in [5.41, 5.74) is 0.298. The lowest BCUT2D eigenvalue weighted by atomic mass is 10.2. The number of fused-ring (bicyclic) bond motifs is 1. The second-order valence-electron chi connectivity index (χ2n) is 7.01. The van der Waals surface area contributed by atoms with Gasteiger partial charge < -0.3 is 19.6 Å². The van der Waals surface area contributed by atoms with Crippen molar-refractivity contribution in [1.82, 2.24) is 14.9 Å².